The molecule has 3 aromatic rings. The molecule has 5 heteroatoms. The molecule has 0 saturated heterocycles. The van der Waals surface area contributed by atoms with Crippen LogP contribution in [0, 0.1) is 5.92 Å². The van der Waals surface area contributed by atoms with Crippen LogP contribution in [-0.4, -0.2) is 31.2 Å². The zero-order valence-corrected chi connectivity index (χ0v) is 17.7. The molecule has 2 N–H and O–H groups in total. The van der Waals surface area contributed by atoms with Crippen LogP contribution in [0.5, 0.6) is 11.5 Å². The van der Waals surface area contributed by atoms with Crippen molar-refractivity contribution in [2.45, 2.75) is 38.5 Å². The SMILES string of the molecule is CCOc1ccc(C(CNC(=O)C2CCCC2)c2c[nH]c3ccccc23)cc1OC. The van der Waals surface area contributed by atoms with Crippen molar-refractivity contribution in [1.82, 2.24) is 10.3 Å². The third-order valence-corrected chi connectivity index (χ3v) is 6.09. The van der Waals surface area contributed by atoms with Crippen LogP contribution in [0.3, 0.4) is 0 Å². The number of fused-ring (bicyclic) bond motifs is 1. The zero-order valence-electron chi connectivity index (χ0n) is 17.7. The molecule has 0 aliphatic heterocycles. The van der Waals surface area contributed by atoms with Gasteiger partial charge in [0.2, 0.25) is 5.91 Å². The molecule has 4 rings (SSSR count). The Morgan fingerprint density at radius 1 is 1.17 bits per heavy atom. The fourth-order valence-corrected chi connectivity index (χ4v) is 4.50. The molecule has 0 radical (unpaired) electrons. The van der Waals surface area contributed by atoms with Crippen molar-refractivity contribution in [1.29, 1.82) is 0 Å². The van der Waals surface area contributed by atoms with E-state index in [0.29, 0.717) is 18.9 Å². The van der Waals surface area contributed by atoms with Gasteiger partial charge in [-0.25, -0.2) is 0 Å². The highest BCUT2D eigenvalue weighted by Crippen LogP contribution is 2.36. The molecule has 1 saturated carbocycles. The predicted octanol–water partition coefficient (Wildman–Crippen LogP) is 5.01. The van der Waals surface area contributed by atoms with Crippen molar-refractivity contribution in [2.75, 3.05) is 20.3 Å². The second-order valence-corrected chi connectivity index (χ2v) is 7.91. The summed E-state index contributed by atoms with van der Waals surface area (Å²) in [6, 6.07) is 14.3. The van der Waals surface area contributed by atoms with E-state index in [4.69, 9.17) is 9.47 Å². The van der Waals surface area contributed by atoms with E-state index < -0.39 is 0 Å². The Morgan fingerprint density at radius 2 is 1.97 bits per heavy atom. The lowest BCUT2D eigenvalue weighted by Crippen LogP contribution is -2.33. The summed E-state index contributed by atoms with van der Waals surface area (Å²) in [4.78, 5) is 16.1. The van der Waals surface area contributed by atoms with Crippen LogP contribution in [0.15, 0.2) is 48.7 Å². The third-order valence-electron chi connectivity index (χ3n) is 6.09. The van der Waals surface area contributed by atoms with Crippen molar-refractivity contribution in [2.24, 2.45) is 5.92 Å². The summed E-state index contributed by atoms with van der Waals surface area (Å²) >= 11 is 0. The molecule has 1 atom stereocenters. The summed E-state index contributed by atoms with van der Waals surface area (Å²) < 4.78 is 11.3. The normalized spacial score (nSPS) is 15.3. The number of carbonyl (C=O) groups is 1. The molecule has 1 amide bonds. The van der Waals surface area contributed by atoms with Crippen LogP contribution in [-0.2, 0) is 4.79 Å². The van der Waals surface area contributed by atoms with Gasteiger partial charge in [0.05, 0.1) is 13.7 Å². The summed E-state index contributed by atoms with van der Waals surface area (Å²) in [6.07, 6.45) is 6.36. The molecule has 1 heterocycles. The summed E-state index contributed by atoms with van der Waals surface area (Å²) in [6.45, 7) is 3.09. The lowest BCUT2D eigenvalue weighted by molar-refractivity contribution is -0.124. The van der Waals surface area contributed by atoms with Crippen molar-refractivity contribution in [3.63, 3.8) is 0 Å². The van der Waals surface area contributed by atoms with Gasteiger partial charge in [-0.15, -0.1) is 0 Å². The second-order valence-electron chi connectivity index (χ2n) is 7.91. The number of hydrogen-bond donors (Lipinski definition) is 2. The summed E-state index contributed by atoms with van der Waals surface area (Å²) in [5.74, 6) is 1.78. The Bertz CT molecular complexity index is 1000. The van der Waals surface area contributed by atoms with Crippen LogP contribution in [0.1, 0.15) is 49.7 Å². The number of ether oxygens (including phenoxy) is 2. The Hall–Kier alpha value is -2.95. The topological polar surface area (TPSA) is 63.3 Å². The maximum Gasteiger partial charge on any atom is 0.223 e. The molecular weight excluding hydrogens is 376 g/mol. The van der Waals surface area contributed by atoms with Crippen LogP contribution in [0.4, 0.5) is 0 Å². The van der Waals surface area contributed by atoms with Gasteiger partial charge in [0.1, 0.15) is 0 Å². The number of para-hydroxylation sites is 1. The van der Waals surface area contributed by atoms with E-state index in [-0.39, 0.29) is 17.7 Å². The number of nitrogens with one attached hydrogen (secondary N) is 2. The fraction of sp³-hybridized carbons (Fsp3) is 0.400. The van der Waals surface area contributed by atoms with Gasteiger partial charge in [-0.1, -0.05) is 37.1 Å². The number of hydrogen-bond acceptors (Lipinski definition) is 3. The minimum atomic E-state index is 0.0103. The first-order chi connectivity index (χ1) is 14.7. The molecule has 158 valence electrons. The first kappa shape index (κ1) is 20.3. The number of rotatable bonds is 8. The Morgan fingerprint density at radius 3 is 2.73 bits per heavy atom. The number of amides is 1. The largest absolute Gasteiger partial charge is 0.493 e. The second kappa shape index (κ2) is 9.24. The minimum absolute atomic E-state index is 0.0103. The predicted molar refractivity (Wildman–Crippen MR) is 119 cm³/mol. The van der Waals surface area contributed by atoms with Gasteiger partial charge in [-0.05, 0) is 49.1 Å². The summed E-state index contributed by atoms with van der Waals surface area (Å²) in [7, 11) is 1.66. The van der Waals surface area contributed by atoms with E-state index >= 15 is 0 Å². The highest BCUT2D eigenvalue weighted by atomic mass is 16.5. The molecule has 0 spiro atoms. The molecule has 1 aliphatic rings. The summed E-state index contributed by atoms with van der Waals surface area (Å²) in [5, 5.41) is 4.40. The third kappa shape index (κ3) is 4.16. The fourth-order valence-electron chi connectivity index (χ4n) is 4.50. The highest BCUT2D eigenvalue weighted by Gasteiger charge is 2.25. The standard InChI is InChI=1S/C25H30N2O3/c1-3-30-23-13-12-18(14-24(23)29-2)20(15-27-25(28)17-8-4-5-9-17)21-16-26-22-11-7-6-10-19(21)22/h6-7,10-14,16-17,20,26H,3-5,8-9,15H2,1-2H3,(H,27,28). The van der Waals surface area contributed by atoms with Crippen LogP contribution in [0.25, 0.3) is 10.9 Å². The van der Waals surface area contributed by atoms with Crippen LogP contribution in [0.2, 0.25) is 0 Å². The van der Waals surface area contributed by atoms with Gasteiger partial charge in [-0.2, -0.15) is 0 Å². The Kier molecular flexibility index (Phi) is 6.26. The van der Waals surface area contributed by atoms with Crippen molar-refractivity contribution in [3.05, 3.63) is 59.8 Å². The number of aromatic amines is 1. The van der Waals surface area contributed by atoms with E-state index in [1.54, 1.807) is 7.11 Å². The number of aromatic nitrogens is 1. The van der Waals surface area contributed by atoms with E-state index in [0.717, 1.165) is 42.5 Å². The van der Waals surface area contributed by atoms with Gasteiger partial charge in [0.15, 0.2) is 11.5 Å². The smallest absolute Gasteiger partial charge is 0.223 e. The molecule has 1 fully saturated rings. The number of H-pyrrole nitrogens is 1. The Labute approximate surface area is 177 Å². The number of carbonyl (C=O) groups excluding carboxylic acids is 1. The van der Waals surface area contributed by atoms with Gasteiger partial charge in [-0.3, -0.25) is 4.79 Å². The maximum atomic E-state index is 12.7. The molecule has 30 heavy (non-hydrogen) atoms. The van der Waals surface area contributed by atoms with Crippen molar-refractivity contribution >= 4 is 16.8 Å². The van der Waals surface area contributed by atoms with Crippen LogP contribution >= 0.6 is 0 Å². The van der Waals surface area contributed by atoms with E-state index in [1.807, 2.05) is 31.2 Å². The molecule has 2 aromatic carbocycles. The first-order valence-corrected chi connectivity index (χ1v) is 10.9. The lowest BCUT2D eigenvalue weighted by Gasteiger charge is -2.21. The Balaban J connectivity index is 1.67. The summed E-state index contributed by atoms with van der Waals surface area (Å²) in [5.41, 5.74) is 3.35. The quantitative estimate of drug-likeness (QED) is 0.552. The van der Waals surface area contributed by atoms with Crippen LogP contribution < -0.4 is 14.8 Å². The first-order valence-electron chi connectivity index (χ1n) is 10.9. The molecule has 1 aromatic heterocycles. The average molecular weight is 407 g/mol. The number of methoxy groups -OCH3 is 1. The lowest BCUT2D eigenvalue weighted by atomic mass is 9.90. The number of benzene rings is 2. The van der Waals surface area contributed by atoms with Crippen molar-refractivity contribution < 1.29 is 14.3 Å². The molecule has 1 aliphatic carbocycles. The zero-order chi connectivity index (χ0) is 20.9. The molecular formula is C25H30N2O3. The molecule has 0 bridgehead atoms. The van der Waals surface area contributed by atoms with Gasteiger partial charge < -0.3 is 19.8 Å². The van der Waals surface area contributed by atoms with E-state index in [9.17, 15) is 4.79 Å². The monoisotopic (exact) mass is 406 g/mol. The highest BCUT2D eigenvalue weighted by molar-refractivity contribution is 5.84. The van der Waals surface area contributed by atoms with Gasteiger partial charge >= 0.3 is 0 Å². The molecule has 1 unspecified atom stereocenters. The van der Waals surface area contributed by atoms with E-state index in [2.05, 4.69) is 34.7 Å². The van der Waals surface area contributed by atoms with Crippen molar-refractivity contribution in [3.8, 4) is 11.5 Å². The van der Waals surface area contributed by atoms with E-state index in [1.165, 1.54) is 10.9 Å². The minimum Gasteiger partial charge on any atom is -0.493 e. The maximum absolute atomic E-state index is 12.7. The van der Waals surface area contributed by atoms with Gasteiger partial charge in [0, 0.05) is 35.5 Å². The average Bonchev–Trinajstić information content (AvgIpc) is 3.45. The van der Waals surface area contributed by atoms with Gasteiger partial charge in [0.25, 0.3) is 0 Å². The molecule has 5 nitrogen and oxygen atoms in total.